The topological polar surface area (TPSA) is 28.7 Å². The predicted molar refractivity (Wildman–Crippen MR) is 61.0 cm³/mol. The molecule has 0 aliphatic heterocycles. The second-order valence-electron chi connectivity index (χ2n) is 4.65. The Labute approximate surface area is 106 Å². The Morgan fingerprint density at radius 1 is 1.21 bits per heavy atom. The maximum Gasteiger partial charge on any atom is 0.419 e. The molecule has 0 unspecified atom stereocenters. The van der Waals surface area contributed by atoms with E-state index in [1.165, 1.54) is 6.07 Å². The molecule has 0 saturated heterocycles. The third-order valence-corrected chi connectivity index (χ3v) is 3.16. The van der Waals surface area contributed by atoms with E-state index in [-0.39, 0.29) is 0 Å². The van der Waals surface area contributed by atoms with E-state index in [0.717, 1.165) is 30.7 Å². The van der Waals surface area contributed by atoms with Crippen LogP contribution in [0.5, 0.6) is 0 Å². The van der Waals surface area contributed by atoms with Crippen molar-refractivity contribution in [2.45, 2.75) is 24.9 Å². The van der Waals surface area contributed by atoms with Crippen LogP contribution < -0.4 is 0 Å². The third-order valence-electron chi connectivity index (χ3n) is 3.16. The minimum absolute atomic E-state index is 0.317. The lowest BCUT2D eigenvalue weighted by Gasteiger charge is -2.08. The molecule has 100 valence electrons. The zero-order valence-electron chi connectivity index (χ0n) is 9.76. The van der Waals surface area contributed by atoms with E-state index in [4.69, 9.17) is 0 Å². The lowest BCUT2D eigenvalue weighted by Crippen LogP contribution is -2.07. The molecule has 1 N–H and O–H groups in total. The van der Waals surface area contributed by atoms with Crippen molar-refractivity contribution in [1.82, 2.24) is 9.97 Å². The maximum atomic E-state index is 13.4. The van der Waals surface area contributed by atoms with E-state index >= 15 is 0 Å². The smallest absolute Gasteiger partial charge is 0.342 e. The number of hydrogen-bond acceptors (Lipinski definition) is 1. The fourth-order valence-corrected chi connectivity index (χ4v) is 1.98. The first-order valence-electron chi connectivity index (χ1n) is 5.87. The zero-order chi connectivity index (χ0) is 13.6. The number of nitrogens with one attached hydrogen (secondary N) is 1. The van der Waals surface area contributed by atoms with E-state index in [9.17, 15) is 17.6 Å². The number of hydrogen-bond donors (Lipinski definition) is 1. The minimum Gasteiger partial charge on any atom is -0.342 e. The van der Waals surface area contributed by atoms with Crippen molar-refractivity contribution in [3.05, 3.63) is 41.5 Å². The summed E-state index contributed by atoms with van der Waals surface area (Å²) in [5.41, 5.74) is 0.0120. The lowest BCUT2D eigenvalue weighted by molar-refractivity contribution is -0.139. The summed E-state index contributed by atoms with van der Waals surface area (Å²) in [4.78, 5) is 7.09. The summed E-state index contributed by atoms with van der Waals surface area (Å²) in [6.45, 7) is 0. The van der Waals surface area contributed by atoms with Crippen LogP contribution >= 0.6 is 0 Å². The third kappa shape index (κ3) is 2.34. The Bertz CT molecular complexity index is 611. The van der Waals surface area contributed by atoms with Gasteiger partial charge in [0.15, 0.2) is 0 Å². The molecule has 1 saturated carbocycles. The lowest BCUT2D eigenvalue weighted by atomic mass is 10.1. The number of rotatable bonds is 2. The summed E-state index contributed by atoms with van der Waals surface area (Å²) >= 11 is 0. The summed E-state index contributed by atoms with van der Waals surface area (Å²) in [5.74, 6) is -0.426. The molecule has 2 aromatic rings. The molecule has 1 heterocycles. The van der Waals surface area contributed by atoms with Gasteiger partial charge in [0.2, 0.25) is 0 Å². The molecule has 2 nitrogen and oxygen atoms in total. The SMILES string of the molecule is Fc1cc(-c2ncc(C3CC3)[nH]2)ccc1C(F)(F)F. The molecular weight excluding hydrogens is 260 g/mol. The monoisotopic (exact) mass is 270 g/mol. The largest absolute Gasteiger partial charge is 0.419 e. The molecule has 0 spiro atoms. The predicted octanol–water partition coefficient (Wildman–Crippen LogP) is 4.11. The van der Waals surface area contributed by atoms with Crippen LogP contribution in [0.4, 0.5) is 17.6 Å². The molecular formula is C13H10F4N2. The van der Waals surface area contributed by atoms with Crippen molar-refractivity contribution in [2.75, 3.05) is 0 Å². The second kappa shape index (κ2) is 4.08. The van der Waals surface area contributed by atoms with Crippen molar-refractivity contribution >= 4 is 0 Å². The highest BCUT2D eigenvalue weighted by molar-refractivity contribution is 5.56. The molecule has 19 heavy (non-hydrogen) atoms. The van der Waals surface area contributed by atoms with Gasteiger partial charge in [-0.3, -0.25) is 0 Å². The Balaban J connectivity index is 1.94. The van der Waals surface area contributed by atoms with Gasteiger partial charge in [-0.05, 0) is 25.0 Å². The number of aromatic nitrogens is 2. The normalized spacial score (nSPS) is 15.8. The Morgan fingerprint density at radius 3 is 2.53 bits per heavy atom. The standard InChI is InChI=1S/C13H10F4N2/c14-10-5-8(3-4-9(10)13(15,16)17)12-18-6-11(19-12)7-1-2-7/h3-7H,1-2H2,(H,18,19). The number of aromatic amines is 1. The summed E-state index contributed by atoms with van der Waals surface area (Å²) in [6.07, 6.45) is -0.848. The molecule has 0 atom stereocenters. The maximum absolute atomic E-state index is 13.4. The molecule has 1 aromatic carbocycles. The Hall–Kier alpha value is -1.85. The van der Waals surface area contributed by atoms with E-state index in [2.05, 4.69) is 9.97 Å². The average Bonchev–Trinajstić information content (AvgIpc) is 3.05. The highest BCUT2D eigenvalue weighted by atomic mass is 19.4. The van der Waals surface area contributed by atoms with Crippen LogP contribution in [-0.4, -0.2) is 9.97 Å². The van der Waals surface area contributed by atoms with Crippen LogP contribution in [0.2, 0.25) is 0 Å². The van der Waals surface area contributed by atoms with Crippen molar-refractivity contribution in [1.29, 1.82) is 0 Å². The van der Waals surface area contributed by atoms with E-state index < -0.39 is 17.6 Å². The van der Waals surface area contributed by atoms with Crippen LogP contribution in [0.15, 0.2) is 24.4 Å². The van der Waals surface area contributed by atoms with Gasteiger partial charge in [0.05, 0.1) is 5.56 Å². The summed E-state index contributed by atoms with van der Waals surface area (Å²) in [5, 5.41) is 0. The Morgan fingerprint density at radius 2 is 1.95 bits per heavy atom. The molecule has 1 aliphatic rings. The first kappa shape index (κ1) is 12.2. The van der Waals surface area contributed by atoms with E-state index in [1.54, 1.807) is 6.20 Å². The van der Waals surface area contributed by atoms with Crippen molar-refractivity contribution in [2.24, 2.45) is 0 Å². The van der Waals surface area contributed by atoms with Gasteiger partial charge in [0, 0.05) is 23.4 Å². The zero-order valence-corrected chi connectivity index (χ0v) is 9.76. The highest BCUT2D eigenvalue weighted by Gasteiger charge is 2.34. The first-order chi connectivity index (χ1) is 8.95. The number of benzene rings is 1. The number of imidazole rings is 1. The summed E-state index contributed by atoms with van der Waals surface area (Å²) < 4.78 is 50.8. The molecule has 0 bridgehead atoms. The molecule has 3 rings (SSSR count). The fraction of sp³-hybridized carbons (Fsp3) is 0.308. The molecule has 1 fully saturated rings. The minimum atomic E-state index is -4.68. The van der Waals surface area contributed by atoms with Crippen LogP contribution in [0.3, 0.4) is 0 Å². The molecule has 0 amide bonds. The van der Waals surface area contributed by atoms with Crippen LogP contribution in [-0.2, 0) is 6.18 Å². The van der Waals surface area contributed by atoms with Gasteiger partial charge >= 0.3 is 6.18 Å². The van der Waals surface area contributed by atoms with Gasteiger partial charge < -0.3 is 4.98 Å². The van der Waals surface area contributed by atoms with E-state index in [1.807, 2.05) is 0 Å². The van der Waals surface area contributed by atoms with Crippen LogP contribution in [0, 0.1) is 5.82 Å². The van der Waals surface area contributed by atoms with Gasteiger partial charge in [-0.15, -0.1) is 0 Å². The van der Waals surface area contributed by atoms with Crippen molar-refractivity contribution in [3.8, 4) is 11.4 Å². The number of alkyl halides is 3. The number of H-pyrrole nitrogens is 1. The molecule has 1 aromatic heterocycles. The van der Waals surface area contributed by atoms with Gasteiger partial charge in [-0.25, -0.2) is 9.37 Å². The van der Waals surface area contributed by atoms with Gasteiger partial charge in [-0.1, -0.05) is 6.07 Å². The average molecular weight is 270 g/mol. The fourth-order valence-electron chi connectivity index (χ4n) is 1.98. The number of nitrogens with zero attached hydrogens (tertiary/aromatic N) is 1. The molecule has 0 radical (unpaired) electrons. The second-order valence-corrected chi connectivity index (χ2v) is 4.65. The Kier molecular flexibility index (Phi) is 2.62. The summed E-state index contributed by atoms with van der Waals surface area (Å²) in [6, 6.07) is 2.82. The van der Waals surface area contributed by atoms with Crippen LogP contribution in [0.25, 0.3) is 11.4 Å². The van der Waals surface area contributed by atoms with E-state index in [0.29, 0.717) is 17.3 Å². The summed E-state index contributed by atoms with van der Waals surface area (Å²) in [7, 11) is 0. The highest BCUT2D eigenvalue weighted by Crippen LogP contribution is 2.39. The van der Waals surface area contributed by atoms with Crippen molar-refractivity contribution < 1.29 is 17.6 Å². The van der Waals surface area contributed by atoms with Gasteiger partial charge in [0.25, 0.3) is 0 Å². The van der Waals surface area contributed by atoms with Gasteiger partial charge in [0.1, 0.15) is 11.6 Å². The first-order valence-corrected chi connectivity index (χ1v) is 5.87. The van der Waals surface area contributed by atoms with Crippen molar-refractivity contribution in [3.63, 3.8) is 0 Å². The van der Waals surface area contributed by atoms with Crippen LogP contribution in [0.1, 0.15) is 30.0 Å². The molecule has 6 heteroatoms. The number of halogens is 4. The van der Waals surface area contributed by atoms with Gasteiger partial charge in [-0.2, -0.15) is 13.2 Å². The molecule has 1 aliphatic carbocycles. The quantitative estimate of drug-likeness (QED) is 0.817.